The zero-order valence-electron chi connectivity index (χ0n) is 31.1. The highest BCUT2D eigenvalue weighted by Gasteiger charge is 2.48. The molecule has 0 spiro atoms. The van der Waals surface area contributed by atoms with Gasteiger partial charge in [0.25, 0.3) is 0 Å². The normalized spacial score (nSPS) is 13.2. The molecule has 1 aliphatic heterocycles. The van der Waals surface area contributed by atoms with Crippen LogP contribution in [-0.4, -0.2) is 9.97 Å². The Morgan fingerprint density at radius 1 is 0.397 bits per heavy atom. The van der Waals surface area contributed by atoms with Crippen LogP contribution in [0, 0.1) is 0 Å². The van der Waals surface area contributed by atoms with Crippen molar-refractivity contribution in [3.05, 3.63) is 216 Å². The van der Waals surface area contributed by atoms with Crippen molar-refractivity contribution in [1.82, 2.24) is 9.97 Å². The van der Waals surface area contributed by atoms with Crippen LogP contribution in [0.4, 0.5) is 0 Å². The lowest BCUT2D eigenvalue weighted by atomic mass is 9.68. The van der Waals surface area contributed by atoms with E-state index in [9.17, 15) is 0 Å². The molecular weight excluding hydrogens is 713 g/mol. The van der Waals surface area contributed by atoms with Crippen LogP contribution in [0.1, 0.15) is 22.3 Å². The molecule has 0 unspecified atom stereocenters. The lowest BCUT2D eigenvalue weighted by Crippen LogP contribution is -2.28. The maximum absolute atomic E-state index is 7.03. The minimum Gasteiger partial charge on any atom is -0.456 e. The number of fused-ring (bicyclic) bond motifs is 9. The van der Waals surface area contributed by atoms with Crippen LogP contribution in [0.25, 0.3) is 67.0 Å². The minimum absolute atomic E-state index is 0.550. The molecule has 5 nitrogen and oxygen atoms in total. The fourth-order valence-electron chi connectivity index (χ4n) is 9.07. The van der Waals surface area contributed by atoms with Crippen molar-refractivity contribution in [2.75, 3.05) is 0 Å². The van der Waals surface area contributed by atoms with Crippen LogP contribution in [0.2, 0.25) is 0 Å². The van der Waals surface area contributed by atoms with Gasteiger partial charge in [-0.05, 0) is 76.3 Å². The van der Waals surface area contributed by atoms with Gasteiger partial charge in [0.15, 0.2) is 28.8 Å². The SMILES string of the molecule is c1ccc(-c2nc(-c3ccc4c(c3)Oc3c(ccc5c3-c3ccccc3C5(c3ccccc3)c3ccccc3)O4)cc(-c3ccc4c(c3)oc3ccccc34)n2)cc1. The molecule has 1 aliphatic carbocycles. The molecule has 8 aromatic carbocycles. The van der Waals surface area contributed by atoms with E-state index in [1.54, 1.807) is 0 Å². The number of nitrogens with zero attached hydrogens (tertiary/aromatic N) is 2. The van der Waals surface area contributed by atoms with Crippen molar-refractivity contribution < 1.29 is 13.9 Å². The molecule has 2 aromatic heterocycles. The highest BCUT2D eigenvalue weighted by atomic mass is 16.6. The van der Waals surface area contributed by atoms with Gasteiger partial charge in [0.05, 0.1) is 16.8 Å². The molecule has 0 saturated carbocycles. The van der Waals surface area contributed by atoms with Crippen molar-refractivity contribution in [3.63, 3.8) is 0 Å². The topological polar surface area (TPSA) is 57.4 Å². The molecule has 0 fully saturated rings. The maximum atomic E-state index is 7.03. The lowest BCUT2D eigenvalue weighted by Gasteiger charge is -2.34. The van der Waals surface area contributed by atoms with E-state index in [4.69, 9.17) is 23.9 Å². The summed E-state index contributed by atoms with van der Waals surface area (Å²) in [6.07, 6.45) is 0. The molecule has 0 saturated heterocycles. The summed E-state index contributed by atoms with van der Waals surface area (Å²) < 4.78 is 20.0. The van der Waals surface area contributed by atoms with Crippen LogP contribution < -0.4 is 9.47 Å². The second kappa shape index (κ2) is 12.6. The van der Waals surface area contributed by atoms with Gasteiger partial charge < -0.3 is 13.9 Å². The maximum Gasteiger partial charge on any atom is 0.178 e. The van der Waals surface area contributed by atoms with E-state index in [0.29, 0.717) is 28.8 Å². The molecule has 0 atom stereocenters. The number of furan rings is 1. The third-order valence-corrected chi connectivity index (χ3v) is 11.6. The van der Waals surface area contributed by atoms with Crippen LogP contribution in [0.3, 0.4) is 0 Å². The predicted octanol–water partition coefficient (Wildman–Crippen LogP) is 13.6. The lowest BCUT2D eigenvalue weighted by molar-refractivity contribution is 0.360. The van der Waals surface area contributed by atoms with Crippen LogP contribution in [0.15, 0.2) is 199 Å². The van der Waals surface area contributed by atoms with Gasteiger partial charge in [-0.3, -0.25) is 0 Å². The van der Waals surface area contributed by atoms with E-state index < -0.39 is 5.41 Å². The Morgan fingerprint density at radius 3 is 1.79 bits per heavy atom. The Kier molecular flexibility index (Phi) is 7.07. The fourth-order valence-corrected chi connectivity index (χ4v) is 9.07. The number of benzene rings is 8. The zero-order valence-corrected chi connectivity index (χ0v) is 31.1. The zero-order chi connectivity index (χ0) is 38.2. The molecule has 2 aliphatic rings. The highest BCUT2D eigenvalue weighted by Crippen LogP contribution is 2.62. The van der Waals surface area contributed by atoms with E-state index in [-0.39, 0.29) is 0 Å². The molecular formula is C53H32N2O3. The third-order valence-electron chi connectivity index (χ3n) is 11.6. The molecule has 10 aromatic rings. The number of para-hydroxylation sites is 1. The molecule has 0 amide bonds. The van der Waals surface area contributed by atoms with E-state index in [1.807, 2.05) is 72.8 Å². The van der Waals surface area contributed by atoms with Crippen molar-refractivity contribution in [1.29, 1.82) is 0 Å². The smallest absolute Gasteiger partial charge is 0.178 e. The van der Waals surface area contributed by atoms with Gasteiger partial charge in [-0.2, -0.15) is 0 Å². The Bertz CT molecular complexity index is 3190. The molecule has 3 heterocycles. The van der Waals surface area contributed by atoms with Gasteiger partial charge in [-0.15, -0.1) is 0 Å². The average Bonchev–Trinajstić information content (AvgIpc) is 3.82. The molecule has 272 valence electrons. The first kappa shape index (κ1) is 32.5. The molecule has 0 radical (unpaired) electrons. The van der Waals surface area contributed by atoms with Gasteiger partial charge in [0.1, 0.15) is 11.2 Å². The Hall–Kier alpha value is -7.76. The number of ether oxygens (including phenoxy) is 2. The van der Waals surface area contributed by atoms with Gasteiger partial charge >= 0.3 is 0 Å². The second-order valence-electron chi connectivity index (χ2n) is 14.8. The molecule has 58 heavy (non-hydrogen) atoms. The van der Waals surface area contributed by atoms with Crippen molar-refractivity contribution in [3.8, 4) is 68.0 Å². The van der Waals surface area contributed by atoms with E-state index in [0.717, 1.165) is 66.7 Å². The molecule has 12 rings (SSSR count). The number of hydrogen-bond acceptors (Lipinski definition) is 5. The van der Waals surface area contributed by atoms with Gasteiger partial charge in [0, 0.05) is 33.0 Å². The Labute approximate surface area is 334 Å². The van der Waals surface area contributed by atoms with E-state index in [1.165, 1.54) is 16.7 Å². The first-order chi connectivity index (χ1) is 28.7. The number of rotatable bonds is 5. The Morgan fingerprint density at radius 2 is 1.02 bits per heavy atom. The van der Waals surface area contributed by atoms with Crippen molar-refractivity contribution >= 4 is 21.9 Å². The summed E-state index contributed by atoms with van der Waals surface area (Å²) in [7, 11) is 0. The molecule has 0 bridgehead atoms. The minimum atomic E-state index is -0.550. The largest absolute Gasteiger partial charge is 0.456 e. The summed E-state index contributed by atoms with van der Waals surface area (Å²) in [4.78, 5) is 10.2. The summed E-state index contributed by atoms with van der Waals surface area (Å²) in [6, 6.07) is 67.1. The quantitative estimate of drug-likeness (QED) is 0.176. The van der Waals surface area contributed by atoms with Gasteiger partial charge in [-0.25, -0.2) is 9.97 Å². The second-order valence-corrected chi connectivity index (χ2v) is 14.8. The van der Waals surface area contributed by atoms with Crippen LogP contribution in [-0.2, 0) is 5.41 Å². The summed E-state index contributed by atoms with van der Waals surface area (Å²) in [5.74, 6) is 3.29. The predicted molar refractivity (Wildman–Crippen MR) is 230 cm³/mol. The van der Waals surface area contributed by atoms with Crippen LogP contribution >= 0.6 is 0 Å². The summed E-state index contributed by atoms with van der Waals surface area (Å²) in [6.45, 7) is 0. The van der Waals surface area contributed by atoms with Crippen molar-refractivity contribution in [2.45, 2.75) is 5.41 Å². The van der Waals surface area contributed by atoms with Gasteiger partial charge in [0.2, 0.25) is 0 Å². The monoisotopic (exact) mass is 744 g/mol. The van der Waals surface area contributed by atoms with Crippen molar-refractivity contribution in [2.24, 2.45) is 0 Å². The van der Waals surface area contributed by atoms with Gasteiger partial charge in [-0.1, -0.05) is 146 Å². The third kappa shape index (κ3) is 4.83. The summed E-state index contributed by atoms with van der Waals surface area (Å²) in [5, 5.41) is 2.16. The first-order valence-corrected chi connectivity index (χ1v) is 19.5. The first-order valence-electron chi connectivity index (χ1n) is 19.5. The fraction of sp³-hybridized carbons (Fsp3) is 0.0189. The van der Waals surface area contributed by atoms with E-state index in [2.05, 4.69) is 121 Å². The number of hydrogen-bond donors (Lipinski definition) is 0. The average molecular weight is 745 g/mol. The molecule has 0 N–H and O–H groups in total. The summed E-state index contributed by atoms with van der Waals surface area (Å²) >= 11 is 0. The Balaban J connectivity index is 1.00. The standard InChI is InChI=1S/C53H32N2O3/c1-4-14-33(15-5-1)52-54-43(34-24-26-39-38-20-11-13-23-45(38)56-48(39)30-34)32-44(55-52)35-25-28-46-49(31-35)58-51-47(57-46)29-27-42-50(51)40-21-10-12-22-41(40)53(42,36-16-6-2-7-17-36)37-18-8-3-9-19-37/h1-32H. The molecule has 5 heteroatoms. The van der Waals surface area contributed by atoms with Crippen LogP contribution in [0.5, 0.6) is 23.0 Å². The summed E-state index contributed by atoms with van der Waals surface area (Å²) in [5.41, 5.74) is 12.3. The highest BCUT2D eigenvalue weighted by molar-refractivity contribution is 6.05. The number of aromatic nitrogens is 2. The van der Waals surface area contributed by atoms with E-state index >= 15 is 0 Å².